The summed E-state index contributed by atoms with van der Waals surface area (Å²) in [4.78, 5) is 25.0. The van der Waals surface area contributed by atoms with E-state index >= 15 is 0 Å². The second-order valence-electron chi connectivity index (χ2n) is 9.46. The lowest BCUT2D eigenvalue weighted by atomic mass is 10.0. The molecule has 38 heavy (non-hydrogen) atoms. The smallest absolute Gasteiger partial charge is 0.339 e. The Kier molecular flexibility index (Phi) is 14.5. The van der Waals surface area contributed by atoms with E-state index in [4.69, 9.17) is 9.47 Å². The van der Waals surface area contributed by atoms with E-state index < -0.39 is 47.4 Å². The number of ether oxygens (including phenoxy) is 2. The van der Waals surface area contributed by atoms with Gasteiger partial charge in [-0.1, -0.05) is 96.1 Å². The Hall–Kier alpha value is -2.90. The van der Waals surface area contributed by atoms with Gasteiger partial charge in [0.15, 0.2) is 23.3 Å². The Morgan fingerprint density at radius 2 is 1.11 bits per heavy atom. The first-order valence-corrected chi connectivity index (χ1v) is 13.6. The number of carbonyl (C=O) groups is 2. The molecule has 2 aromatic rings. The molecule has 0 aliphatic carbocycles. The summed E-state index contributed by atoms with van der Waals surface area (Å²) < 4.78 is 63.9. The van der Waals surface area contributed by atoms with Gasteiger partial charge in [-0.25, -0.2) is 27.2 Å². The van der Waals surface area contributed by atoms with Crippen molar-refractivity contribution >= 4 is 11.9 Å². The lowest BCUT2D eigenvalue weighted by Gasteiger charge is -2.11. The molecule has 210 valence electrons. The maximum absolute atomic E-state index is 13.8. The molecule has 0 aliphatic rings. The van der Waals surface area contributed by atoms with Gasteiger partial charge in [-0.3, -0.25) is 0 Å². The van der Waals surface area contributed by atoms with Gasteiger partial charge in [-0.05, 0) is 24.6 Å². The molecular weight excluding hydrogens is 500 g/mol. The number of hydrogen-bond acceptors (Lipinski definition) is 4. The zero-order valence-electron chi connectivity index (χ0n) is 22.1. The predicted octanol–water partition coefficient (Wildman–Crippen LogP) is 8.85. The van der Waals surface area contributed by atoms with Gasteiger partial charge in [0.05, 0.1) is 17.7 Å². The summed E-state index contributed by atoms with van der Waals surface area (Å²) in [5, 5.41) is 0. The fourth-order valence-corrected chi connectivity index (χ4v) is 4.15. The Morgan fingerprint density at radius 3 is 1.63 bits per heavy atom. The summed E-state index contributed by atoms with van der Waals surface area (Å²) in [6.45, 7) is 1.59. The topological polar surface area (TPSA) is 52.6 Å². The molecule has 2 rings (SSSR count). The number of rotatable bonds is 18. The Labute approximate surface area is 222 Å². The fourth-order valence-electron chi connectivity index (χ4n) is 4.15. The maximum Gasteiger partial charge on any atom is 0.339 e. The van der Waals surface area contributed by atoms with E-state index in [1.165, 1.54) is 76.0 Å². The number of benzene rings is 2. The Morgan fingerprint density at radius 1 is 0.632 bits per heavy atom. The van der Waals surface area contributed by atoms with Crippen molar-refractivity contribution in [1.82, 2.24) is 0 Å². The first-order chi connectivity index (χ1) is 18.4. The maximum atomic E-state index is 13.8. The third-order valence-electron chi connectivity index (χ3n) is 6.38. The molecule has 0 amide bonds. The molecule has 0 saturated heterocycles. The van der Waals surface area contributed by atoms with Crippen LogP contribution in [0.15, 0.2) is 30.3 Å². The molecule has 4 nitrogen and oxygen atoms in total. The standard InChI is InChI=1S/C30H38F4O4/c1-2-3-4-5-6-7-8-9-10-11-12-13-16-19-37-29(35)23-17-14-15-18-24(23)30(36)38-21-22-20-25(31)27(33)28(34)26(22)32/h14-15,17-18,20H,2-13,16,19,21H2,1H3. The normalized spacial score (nSPS) is 11.0. The largest absolute Gasteiger partial charge is 0.462 e. The van der Waals surface area contributed by atoms with Gasteiger partial charge in [-0.15, -0.1) is 0 Å². The van der Waals surface area contributed by atoms with Crippen molar-refractivity contribution in [3.05, 3.63) is 70.3 Å². The SMILES string of the molecule is CCCCCCCCCCCCCCCOC(=O)c1ccccc1C(=O)OCc1cc(F)c(F)c(F)c1F. The molecule has 0 heterocycles. The monoisotopic (exact) mass is 538 g/mol. The van der Waals surface area contributed by atoms with E-state index in [9.17, 15) is 27.2 Å². The van der Waals surface area contributed by atoms with Crippen molar-refractivity contribution in [3.63, 3.8) is 0 Å². The lowest BCUT2D eigenvalue weighted by Crippen LogP contribution is -2.15. The molecular formula is C30H38F4O4. The van der Waals surface area contributed by atoms with Crippen LogP contribution in [-0.2, 0) is 16.1 Å². The van der Waals surface area contributed by atoms with Crippen molar-refractivity contribution < 1.29 is 36.6 Å². The fraction of sp³-hybridized carbons (Fsp3) is 0.533. The van der Waals surface area contributed by atoms with Crippen LogP contribution in [0, 0.1) is 23.3 Å². The average molecular weight is 539 g/mol. The van der Waals surface area contributed by atoms with Crippen molar-refractivity contribution in [1.29, 1.82) is 0 Å². The highest BCUT2D eigenvalue weighted by Crippen LogP contribution is 2.21. The van der Waals surface area contributed by atoms with Crippen molar-refractivity contribution in [3.8, 4) is 0 Å². The molecule has 0 atom stereocenters. The third-order valence-corrected chi connectivity index (χ3v) is 6.38. The van der Waals surface area contributed by atoms with Gasteiger partial charge in [0, 0.05) is 5.56 Å². The minimum atomic E-state index is -1.99. The summed E-state index contributed by atoms with van der Waals surface area (Å²) in [7, 11) is 0. The van der Waals surface area contributed by atoms with Gasteiger partial charge >= 0.3 is 11.9 Å². The van der Waals surface area contributed by atoms with Crippen LogP contribution in [0.1, 0.15) is 117 Å². The second kappa shape index (κ2) is 17.6. The Balaban J connectivity index is 1.68. The molecule has 2 aromatic carbocycles. The van der Waals surface area contributed by atoms with Crippen LogP contribution in [0.4, 0.5) is 17.6 Å². The Bertz CT molecular complexity index is 1030. The highest BCUT2D eigenvalue weighted by Gasteiger charge is 2.22. The van der Waals surface area contributed by atoms with E-state index in [0.717, 1.165) is 19.3 Å². The zero-order chi connectivity index (χ0) is 27.8. The number of carbonyl (C=O) groups excluding carboxylic acids is 2. The van der Waals surface area contributed by atoms with Crippen LogP contribution in [-0.4, -0.2) is 18.5 Å². The van der Waals surface area contributed by atoms with E-state index in [2.05, 4.69) is 6.92 Å². The first-order valence-electron chi connectivity index (χ1n) is 13.6. The highest BCUT2D eigenvalue weighted by atomic mass is 19.2. The van der Waals surface area contributed by atoms with Crippen molar-refractivity contribution in [2.75, 3.05) is 6.61 Å². The van der Waals surface area contributed by atoms with Crippen molar-refractivity contribution in [2.24, 2.45) is 0 Å². The number of esters is 2. The summed E-state index contributed by atoms with van der Waals surface area (Å²) in [5.74, 6) is -8.92. The summed E-state index contributed by atoms with van der Waals surface area (Å²) in [6, 6.07) is 6.17. The average Bonchev–Trinajstić information content (AvgIpc) is 2.93. The van der Waals surface area contributed by atoms with E-state index in [1.807, 2.05) is 0 Å². The van der Waals surface area contributed by atoms with Crippen LogP contribution in [0.3, 0.4) is 0 Å². The summed E-state index contributed by atoms with van der Waals surface area (Å²) in [5.41, 5.74) is -0.840. The van der Waals surface area contributed by atoms with Crippen molar-refractivity contribution in [2.45, 2.75) is 97.0 Å². The molecule has 0 radical (unpaired) electrons. The van der Waals surface area contributed by atoms with Crippen LogP contribution < -0.4 is 0 Å². The quantitative estimate of drug-likeness (QED) is 0.0625. The van der Waals surface area contributed by atoms with Gasteiger partial charge in [0.25, 0.3) is 0 Å². The van der Waals surface area contributed by atoms with Gasteiger partial charge < -0.3 is 9.47 Å². The summed E-state index contributed by atoms with van der Waals surface area (Å²) in [6.07, 6.45) is 15.6. The first kappa shape index (κ1) is 31.3. The molecule has 8 heteroatoms. The van der Waals surface area contributed by atoms with E-state index in [0.29, 0.717) is 12.5 Å². The van der Waals surface area contributed by atoms with E-state index in [-0.39, 0.29) is 17.7 Å². The summed E-state index contributed by atoms with van der Waals surface area (Å²) >= 11 is 0. The molecule has 0 bridgehead atoms. The molecule has 0 unspecified atom stereocenters. The van der Waals surface area contributed by atoms with Gasteiger partial charge in [0.2, 0.25) is 0 Å². The van der Waals surface area contributed by atoms with Gasteiger partial charge in [-0.2, -0.15) is 0 Å². The molecule has 0 saturated carbocycles. The minimum Gasteiger partial charge on any atom is -0.462 e. The molecule has 0 aliphatic heterocycles. The molecule has 0 N–H and O–H groups in total. The van der Waals surface area contributed by atoms with Crippen LogP contribution in [0.2, 0.25) is 0 Å². The molecule has 0 fully saturated rings. The second-order valence-corrected chi connectivity index (χ2v) is 9.46. The zero-order valence-corrected chi connectivity index (χ0v) is 22.1. The van der Waals surface area contributed by atoms with Crippen LogP contribution in [0.5, 0.6) is 0 Å². The number of unbranched alkanes of at least 4 members (excludes halogenated alkanes) is 12. The number of hydrogen-bond donors (Lipinski definition) is 0. The van der Waals surface area contributed by atoms with Crippen LogP contribution >= 0.6 is 0 Å². The predicted molar refractivity (Wildman–Crippen MR) is 138 cm³/mol. The number of halogens is 4. The minimum absolute atomic E-state index is 0.0378. The third kappa shape index (κ3) is 10.5. The van der Waals surface area contributed by atoms with Gasteiger partial charge in [0.1, 0.15) is 6.61 Å². The van der Waals surface area contributed by atoms with E-state index in [1.54, 1.807) is 6.07 Å². The van der Waals surface area contributed by atoms with Crippen LogP contribution in [0.25, 0.3) is 0 Å². The highest BCUT2D eigenvalue weighted by molar-refractivity contribution is 6.03. The molecule has 0 aromatic heterocycles. The lowest BCUT2D eigenvalue weighted by molar-refractivity contribution is 0.0432. The molecule has 0 spiro atoms.